The molecule has 0 atom stereocenters. The summed E-state index contributed by atoms with van der Waals surface area (Å²) in [5, 5.41) is 0. The Morgan fingerprint density at radius 1 is 1.26 bits per heavy atom. The summed E-state index contributed by atoms with van der Waals surface area (Å²) in [4.78, 5) is 14.2. The average Bonchev–Trinajstić information content (AvgIpc) is 2.45. The van der Waals surface area contributed by atoms with Crippen molar-refractivity contribution in [2.75, 3.05) is 31.3 Å². The molecule has 2 rings (SSSR count). The Bertz CT molecular complexity index is 532. The molecular weight excluding hydrogens is 242 g/mol. The summed E-state index contributed by atoms with van der Waals surface area (Å²) in [5.41, 5.74) is 6.88. The Hall–Kier alpha value is -2.37. The zero-order chi connectivity index (χ0) is 13.7. The second kappa shape index (κ2) is 5.99. The molecule has 0 aliphatic carbocycles. The summed E-state index contributed by atoms with van der Waals surface area (Å²) < 4.78 is 5.08. The molecule has 100 valence electrons. The van der Waals surface area contributed by atoms with Gasteiger partial charge in [0.2, 0.25) is 11.8 Å². The van der Waals surface area contributed by atoms with Gasteiger partial charge in [0.15, 0.2) is 0 Å². The van der Waals surface area contributed by atoms with Gasteiger partial charge >= 0.3 is 0 Å². The van der Waals surface area contributed by atoms with Gasteiger partial charge in [0.1, 0.15) is 5.82 Å². The van der Waals surface area contributed by atoms with Gasteiger partial charge in [-0.15, -0.1) is 0 Å². The molecule has 0 radical (unpaired) electrons. The molecule has 19 heavy (non-hydrogen) atoms. The van der Waals surface area contributed by atoms with Crippen LogP contribution in [0.25, 0.3) is 0 Å². The average molecular weight is 259 g/mol. The van der Waals surface area contributed by atoms with Crippen LogP contribution < -0.4 is 15.4 Å². The molecule has 2 N–H and O–H groups in total. The third kappa shape index (κ3) is 3.54. The van der Waals surface area contributed by atoms with Crippen LogP contribution in [0, 0.1) is 0 Å². The maximum absolute atomic E-state index is 5.64. The molecule has 0 aromatic carbocycles. The standard InChI is InChI=1S/C13H17N5O/c1-18(8-5-10-3-6-15-7-4-10)11-9-12(19-2)17-13(14)16-11/h3-4,6-7,9H,5,8H2,1-2H3,(H2,14,16,17). The number of likely N-dealkylation sites (N-methyl/N-ethyl adjacent to an activating group) is 1. The maximum Gasteiger partial charge on any atom is 0.225 e. The van der Waals surface area contributed by atoms with Crippen LogP contribution in [-0.4, -0.2) is 35.7 Å². The molecule has 0 fully saturated rings. The molecule has 2 aromatic rings. The lowest BCUT2D eigenvalue weighted by Gasteiger charge is -2.18. The molecule has 0 aliphatic heterocycles. The number of hydrogen-bond donors (Lipinski definition) is 1. The van der Waals surface area contributed by atoms with Gasteiger partial charge in [0.25, 0.3) is 0 Å². The van der Waals surface area contributed by atoms with E-state index in [9.17, 15) is 0 Å². The Labute approximate surface area is 112 Å². The number of rotatable bonds is 5. The Kier molecular flexibility index (Phi) is 4.12. The molecule has 0 aliphatic rings. The second-order valence-corrected chi connectivity index (χ2v) is 4.15. The minimum Gasteiger partial charge on any atom is -0.481 e. The van der Waals surface area contributed by atoms with Gasteiger partial charge in [-0.05, 0) is 24.1 Å². The van der Waals surface area contributed by atoms with E-state index in [0.717, 1.165) is 18.8 Å². The third-order valence-electron chi connectivity index (χ3n) is 2.79. The first-order valence-electron chi connectivity index (χ1n) is 5.97. The first kappa shape index (κ1) is 13.1. The number of hydrogen-bond acceptors (Lipinski definition) is 6. The topological polar surface area (TPSA) is 77.2 Å². The number of nitrogens with two attached hydrogens (primary N) is 1. The van der Waals surface area contributed by atoms with Crippen LogP contribution >= 0.6 is 0 Å². The van der Waals surface area contributed by atoms with Gasteiger partial charge in [-0.1, -0.05) is 0 Å². The lowest BCUT2D eigenvalue weighted by molar-refractivity contribution is 0.397. The van der Waals surface area contributed by atoms with Crippen LogP contribution in [0.3, 0.4) is 0 Å². The lowest BCUT2D eigenvalue weighted by atomic mass is 10.2. The summed E-state index contributed by atoms with van der Waals surface area (Å²) in [6, 6.07) is 5.77. The van der Waals surface area contributed by atoms with Crippen molar-refractivity contribution in [1.29, 1.82) is 0 Å². The summed E-state index contributed by atoms with van der Waals surface area (Å²) >= 11 is 0. The minimum absolute atomic E-state index is 0.213. The van der Waals surface area contributed by atoms with Crippen molar-refractivity contribution in [3.63, 3.8) is 0 Å². The second-order valence-electron chi connectivity index (χ2n) is 4.15. The summed E-state index contributed by atoms with van der Waals surface area (Å²) in [6.07, 6.45) is 4.49. The fourth-order valence-corrected chi connectivity index (χ4v) is 1.69. The summed E-state index contributed by atoms with van der Waals surface area (Å²) in [5.74, 6) is 1.43. The lowest BCUT2D eigenvalue weighted by Crippen LogP contribution is -2.22. The Morgan fingerprint density at radius 2 is 2.00 bits per heavy atom. The number of pyridine rings is 1. The smallest absolute Gasteiger partial charge is 0.225 e. The number of nitrogens with zero attached hydrogens (tertiary/aromatic N) is 4. The van der Waals surface area contributed by atoms with Crippen molar-refractivity contribution in [1.82, 2.24) is 15.0 Å². The quantitative estimate of drug-likeness (QED) is 0.867. The predicted molar refractivity (Wildman–Crippen MR) is 74.2 cm³/mol. The maximum atomic E-state index is 5.64. The van der Waals surface area contributed by atoms with E-state index in [4.69, 9.17) is 10.5 Å². The van der Waals surface area contributed by atoms with Crippen molar-refractivity contribution >= 4 is 11.8 Å². The number of anilines is 2. The normalized spacial score (nSPS) is 10.2. The van der Waals surface area contributed by atoms with Crippen LogP contribution in [0.1, 0.15) is 5.56 Å². The highest BCUT2D eigenvalue weighted by Crippen LogP contribution is 2.17. The number of ether oxygens (including phenoxy) is 1. The van der Waals surface area contributed by atoms with Crippen molar-refractivity contribution in [3.8, 4) is 5.88 Å². The van der Waals surface area contributed by atoms with E-state index in [1.165, 1.54) is 5.56 Å². The molecule has 0 saturated carbocycles. The highest BCUT2D eigenvalue weighted by molar-refractivity contribution is 5.44. The number of nitrogen functional groups attached to an aromatic ring is 1. The highest BCUT2D eigenvalue weighted by Gasteiger charge is 2.07. The van der Waals surface area contributed by atoms with E-state index >= 15 is 0 Å². The first-order chi connectivity index (χ1) is 9.19. The van der Waals surface area contributed by atoms with Crippen LogP contribution in [-0.2, 0) is 6.42 Å². The van der Waals surface area contributed by atoms with Gasteiger partial charge in [0.05, 0.1) is 7.11 Å². The van der Waals surface area contributed by atoms with E-state index in [-0.39, 0.29) is 5.95 Å². The monoisotopic (exact) mass is 259 g/mol. The van der Waals surface area contributed by atoms with E-state index in [0.29, 0.717) is 5.88 Å². The zero-order valence-electron chi connectivity index (χ0n) is 11.1. The van der Waals surface area contributed by atoms with Crippen molar-refractivity contribution in [2.24, 2.45) is 0 Å². The molecule has 6 heteroatoms. The minimum atomic E-state index is 0.213. The van der Waals surface area contributed by atoms with Crippen molar-refractivity contribution in [3.05, 3.63) is 36.2 Å². The summed E-state index contributed by atoms with van der Waals surface area (Å²) in [7, 11) is 3.52. The molecule has 0 amide bonds. The molecule has 2 aromatic heterocycles. The van der Waals surface area contributed by atoms with E-state index < -0.39 is 0 Å². The number of aromatic nitrogens is 3. The molecule has 0 saturated heterocycles. The molecule has 0 unspecified atom stereocenters. The third-order valence-corrected chi connectivity index (χ3v) is 2.79. The molecular formula is C13H17N5O. The first-order valence-corrected chi connectivity index (χ1v) is 5.97. The van der Waals surface area contributed by atoms with Crippen LogP contribution in [0.2, 0.25) is 0 Å². The Balaban J connectivity index is 2.03. The van der Waals surface area contributed by atoms with Gasteiger partial charge < -0.3 is 15.4 Å². The molecule has 6 nitrogen and oxygen atoms in total. The molecule has 0 bridgehead atoms. The van der Waals surface area contributed by atoms with Gasteiger partial charge in [0, 0.05) is 32.1 Å². The predicted octanol–water partition coefficient (Wildman–Crippen LogP) is 1.14. The fourth-order valence-electron chi connectivity index (χ4n) is 1.69. The van der Waals surface area contributed by atoms with E-state index in [2.05, 4.69) is 15.0 Å². The SMILES string of the molecule is COc1cc(N(C)CCc2ccncc2)nc(N)n1. The largest absolute Gasteiger partial charge is 0.481 e. The molecule has 0 spiro atoms. The van der Waals surface area contributed by atoms with Gasteiger partial charge in [-0.3, -0.25) is 4.98 Å². The van der Waals surface area contributed by atoms with Crippen LogP contribution in [0.5, 0.6) is 5.88 Å². The van der Waals surface area contributed by atoms with Crippen LogP contribution in [0.4, 0.5) is 11.8 Å². The fraction of sp³-hybridized carbons (Fsp3) is 0.308. The van der Waals surface area contributed by atoms with E-state index in [1.54, 1.807) is 25.6 Å². The van der Waals surface area contributed by atoms with Crippen LogP contribution in [0.15, 0.2) is 30.6 Å². The van der Waals surface area contributed by atoms with Crippen molar-refractivity contribution in [2.45, 2.75) is 6.42 Å². The van der Waals surface area contributed by atoms with Gasteiger partial charge in [-0.25, -0.2) is 0 Å². The van der Waals surface area contributed by atoms with Crippen molar-refractivity contribution < 1.29 is 4.74 Å². The molecule has 2 heterocycles. The number of methoxy groups -OCH3 is 1. The van der Waals surface area contributed by atoms with Gasteiger partial charge in [-0.2, -0.15) is 9.97 Å². The zero-order valence-corrected chi connectivity index (χ0v) is 11.1. The summed E-state index contributed by atoms with van der Waals surface area (Å²) in [6.45, 7) is 0.823. The highest BCUT2D eigenvalue weighted by atomic mass is 16.5. The Morgan fingerprint density at radius 3 is 2.68 bits per heavy atom. The van der Waals surface area contributed by atoms with E-state index in [1.807, 2.05) is 24.1 Å².